The van der Waals surface area contributed by atoms with Crippen LogP contribution in [0, 0.1) is 0 Å². The van der Waals surface area contributed by atoms with Crippen LogP contribution in [0.4, 0.5) is 13.2 Å². The Labute approximate surface area is 159 Å². The molecular formula is C19H18F3N5O. The Bertz CT molecular complexity index is 986. The van der Waals surface area contributed by atoms with Crippen molar-refractivity contribution in [3.63, 3.8) is 0 Å². The van der Waals surface area contributed by atoms with Crippen LogP contribution in [0.1, 0.15) is 17.4 Å². The summed E-state index contributed by atoms with van der Waals surface area (Å²) < 4.78 is 41.4. The highest BCUT2D eigenvalue weighted by Gasteiger charge is 2.39. The summed E-state index contributed by atoms with van der Waals surface area (Å²) in [5, 5.41) is 3.22. The standard InChI is InChI=1S/C19H18F3N5O/c20-19(21,22)18-25-14-5-1-2-6-15(14)27(18)12-17(28)26-9-8-24-11-16(26)13-4-3-7-23-10-13/h1-7,10,16,24H,8-9,11-12H2. The fourth-order valence-electron chi connectivity index (χ4n) is 3.55. The number of para-hydroxylation sites is 2. The van der Waals surface area contributed by atoms with Crippen LogP contribution in [0.15, 0.2) is 48.8 Å². The largest absolute Gasteiger partial charge is 0.449 e. The van der Waals surface area contributed by atoms with Gasteiger partial charge in [0.1, 0.15) is 6.54 Å². The third-order valence-corrected chi connectivity index (χ3v) is 4.83. The van der Waals surface area contributed by atoms with Gasteiger partial charge in [0.25, 0.3) is 0 Å². The number of alkyl halides is 3. The molecule has 0 saturated carbocycles. The first kappa shape index (κ1) is 18.4. The molecule has 28 heavy (non-hydrogen) atoms. The molecule has 3 heterocycles. The van der Waals surface area contributed by atoms with Gasteiger partial charge in [0.05, 0.1) is 17.1 Å². The van der Waals surface area contributed by atoms with Crippen LogP contribution in [0.25, 0.3) is 11.0 Å². The average molecular weight is 389 g/mol. The Morgan fingerprint density at radius 1 is 1.21 bits per heavy atom. The van der Waals surface area contributed by atoms with Crippen molar-refractivity contribution >= 4 is 16.9 Å². The minimum Gasteiger partial charge on any atom is -0.331 e. The molecule has 9 heteroatoms. The van der Waals surface area contributed by atoms with Gasteiger partial charge in [-0.3, -0.25) is 9.78 Å². The number of imidazole rings is 1. The summed E-state index contributed by atoms with van der Waals surface area (Å²) in [5.74, 6) is -1.45. The van der Waals surface area contributed by atoms with Crippen LogP contribution in [0.5, 0.6) is 0 Å². The van der Waals surface area contributed by atoms with E-state index in [4.69, 9.17) is 0 Å². The van der Waals surface area contributed by atoms with E-state index in [1.807, 2.05) is 6.07 Å². The van der Waals surface area contributed by atoms with E-state index in [9.17, 15) is 18.0 Å². The van der Waals surface area contributed by atoms with Crippen LogP contribution in [-0.4, -0.2) is 45.0 Å². The van der Waals surface area contributed by atoms with Gasteiger partial charge in [-0.25, -0.2) is 4.98 Å². The topological polar surface area (TPSA) is 63.1 Å². The van der Waals surface area contributed by atoms with Crippen LogP contribution in [0.3, 0.4) is 0 Å². The van der Waals surface area contributed by atoms with Gasteiger partial charge in [0.2, 0.25) is 11.7 Å². The minimum atomic E-state index is -4.65. The van der Waals surface area contributed by atoms with Crippen molar-refractivity contribution in [2.45, 2.75) is 18.8 Å². The number of aromatic nitrogens is 3. The molecule has 3 aromatic rings. The highest BCUT2D eigenvalue weighted by atomic mass is 19.4. The van der Waals surface area contributed by atoms with Crippen molar-refractivity contribution < 1.29 is 18.0 Å². The number of piperazine rings is 1. The molecule has 1 aliphatic rings. The van der Waals surface area contributed by atoms with E-state index in [1.165, 1.54) is 6.07 Å². The molecule has 1 atom stereocenters. The average Bonchev–Trinajstić information content (AvgIpc) is 3.08. The zero-order valence-electron chi connectivity index (χ0n) is 14.9. The van der Waals surface area contributed by atoms with Crippen molar-refractivity contribution in [1.82, 2.24) is 24.8 Å². The van der Waals surface area contributed by atoms with Gasteiger partial charge in [-0.2, -0.15) is 13.2 Å². The number of nitrogens with one attached hydrogen (secondary N) is 1. The Kier molecular flexibility index (Phi) is 4.76. The van der Waals surface area contributed by atoms with Crippen LogP contribution >= 0.6 is 0 Å². The summed E-state index contributed by atoms with van der Waals surface area (Å²) in [6.07, 6.45) is -1.34. The molecule has 0 aliphatic carbocycles. The highest BCUT2D eigenvalue weighted by Crippen LogP contribution is 2.32. The first-order chi connectivity index (χ1) is 13.4. The van der Waals surface area contributed by atoms with E-state index in [0.29, 0.717) is 19.6 Å². The van der Waals surface area contributed by atoms with Crippen molar-refractivity contribution in [1.29, 1.82) is 0 Å². The molecule has 1 fully saturated rings. The van der Waals surface area contributed by atoms with E-state index in [-0.39, 0.29) is 23.0 Å². The molecule has 2 aromatic heterocycles. The summed E-state index contributed by atoms with van der Waals surface area (Å²) >= 11 is 0. The Hall–Kier alpha value is -2.94. The molecule has 0 bridgehead atoms. The Balaban J connectivity index is 1.68. The van der Waals surface area contributed by atoms with Crippen molar-refractivity contribution in [2.24, 2.45) is 0 Å². The van der Waals surface area contributed by atoms with Crippen LogP contribution in [0.2, 0.25) is 0 Å². The fourth-order valence-corrected chi connectivity index (χ4v) is 3.55. The smallest absolute Gasteiger partial charge is 0.331 e. The summed E-state index contributed by atoms with van der Waals surface area (Å²) in [5.41, 5.74) is 1.34. The zero-order chi connectivity index (χ0) is 19.7. The molecule has 1 aromatic carbocycles. The lowest BCUT2D eigenvalue weighted by Gasteiger charge is -2.36. The lowest BCUT2D eigenvalue weighted by atomic mass is 10.1. The molecule has 1 N–H and O–H groups in total. The van der Waals surface area contributed by atoms with Gasteiger partial charge in [-0.1, -0.05) is 18.2 Å². The number of fused-ring (bicyclic) bond motifs is 1. The Morgan fingerprint density at radius 2 is 2.04 bits per heavy atom. The zero-order valence-corrected chi connectivity index (χ0v) is 14.9. The molecule has 1 amide bonds. The maximum absolute atomic E-state index is 13.5. The summed E-state index contributed by atoms with van der Waals surface area (Å²) in [6, 6.07) is 9.66. The van der Waals surface area contributed by atoms with Gasteiger partial charge >= 0.3 is 6.18 Å². The maximum Gasteiger partial charge on any atom is 0.449 e. The normalized spacial score (nSPS) is 17.8. The highest BCUT2D eigenvalue weighted by molar-refractivity contribution is 5.81. The number of amides is 1. The second-order valence-electron chi connectivity index (χ2n) is 6.60. The maximum atomic E-state index is 13.5. The minimum absolute atomic E-state index is 0.215. The summed E-state index contributed by atoms with van der Waals surface area (Å²) in [6.45, 7) is 1.09. The predicted molar refractivity (Wildman–Crippen MR) is 96.3 cm³/mol. The van der Waals surface area contributed by atoms with E-state index in [2.05, 4.69) is 15.3 Å². The molecule has 4 rings (SSSR count). The van der Waals surface area contributed by atoms with Crippen molar-refractivity contribution in [3.8, 4) is 0 Å². The summed E-state index contributed by atoms with van der Waals surface area (Å²) in [4.78, 5) is 22.4. The quantitative estimate of drug-likeness (QED) is 0.748. The number of benzene rings is 1. The van der Waals surface area contributed by atoms with E-state index < -0.39 is 18.5 Å². The number of nitrogens with zero attached hydrogens (tertiary/aromatic N) is 4. The lowest BCUT2D eigenvalue weighted by Crippen LogP contribution is -2.49. The number of carbonyl (C=O) groups is 1. The number of halogens is 3. The van der Waals surface area contributed by atoms with Crippen molar-refractivity contribution in [3.05, 3.63) is 60.2 Å². The Morgan fingerprint density at radius 3 is 2.79 bits per heavy atom. The molecule has 146 valence electrons. The fraction of sp³-hybridized carbons (Fsp3) is 0.316. The predicted octanol–water partition coefficient (Wildman–Crippen LogP) is 2.62. The van der Waals surface area contributed by atoms with Crippen molar-refractivity contribution in [2.75, 3.05) is 19.6 Å². The molecular weight excluding hydrogens is 371 g/mol. The van der Waals surface area contributed by atoms with E-state index in [1.54, 1.807) is 41.6 Å². The molecule has 6 nitrogen and oxygen atoms in total. The SMILES string of the molecule is O=C(Cn1c(C(F)(F)F)nc2ccccc21)N1CCNCC1c1cccnc1. The second-order valence-corrected chi connectivity index (χ2v) is 6.60. The van der Waals surface area contributed by atoms with Crippen LogP contribution < -0.4 is 5.32 Å². The molecule has 0 spiro atoms. The molecule has 0 radical (unpaired) electrons. The first-order valence-corrected chi connectivity index (χ1v) is 8.88. The van der Waals surface area contributed by atoms with Gasteiger partial charge in [0.15, 0.2) is 0 Å². The molecule has 1 aliphatic heterocycles. The molecule has 1 saturated heterocycles. The number of carbonyl (C=O) groups excluding carboxylic acids is 1. The van der Waals surface area contributed by atoms with E-state index >= 15 is 0 Å². The number of hydrogen-bond donors (Lipinski definition) is 1. The summed E-state index contributed by atoms with van der Waals surface area (Å²) in [7, 11) is 0. The molecule has 1 unspecified atom stereocenters. The van der Waals surface area contributed by atoms with Gasteiger partial charge in [0, 0.05) is 32.0 Å². The third-order valence-electron chi connectivity index (χ3n) is 4.83. The van der Waals surface area contributed by atoms with Crippen LogP contribution in [-0.2, 0) is 17.5 Å². The lowest BCUT2D eigenvalue weighted by molar-refractivity contribution is -0.148. The monoisotopic (exact) mass is 389 g/mol. The van der Waals surface area contributed by atoms with E-state index in [0.717, 1.165) is 10.1 Å². The number of pyridine rings is 1. The number of hydrogen-bond acceptors (Lipinski definition) is 4. The van der Waals surface area contributed by atoms with Gasteiger partial charge < -0.3 is 14.8 Å². The first-order valence-electron chi connectivity index (χ1n) is 8.88. The number of rotatable bonds is 3. The van der Waals surface area contributed by atoms with Gasteiger partial charge in [-0.05, 0) is 23.8 Å². The third kappa shape index (κ3) is 3.45. The van der Waals surface area contributed by atoms with Gasteiger partial charge in [-0.15, -0.1) is 0 Å². The second kappa shape index (κ2) is 7.23.